The van der Waals surface area contributed by atoms with Gasteiger partial charge in [0.2, 0.25) is 0 Å². The topological polar surface area (TPSA) is 52.6 Å². The van der Waals surface area contributed by atoms with E-state index >= 15 is 0 Å². The SMILES string of the molecule is CCNC(=NCCCCSC)NC1CCN(c2ccc(C)cn2)CC1.I. The molecule has 26 heavy (non-hydrogen) atoms. The van der Waals surface area contributed by atoms with Gasteiger partial charge in [-0.25, -0.2) is 4.98 Å². The van der Waals surface area contributed by atoms with Crippen LogP contribution in [0, 0.1) is 6.92 Å². The zero-order chi connectivity index (χ0) is 17.9. The highest BCUT2D eigenvalue weighted by Gasteiger charge is 2.20. The van der Waals surface area contributed by atoms with Crippen molar-refractivity contribution in [3.8, 4) is 0 Å². The van der Waals surface area contributed by atoms with Crippen molar-refractivity contribution in [1.82, 2.24) is 15.6 Å². The van der Waals surface area contributed by atoms with Gasteiger partial charge in [-0.15, -0.1) is 24.0 Å². The molecule has 148 valence electrons. The summed E-state index contributed by atoms with van der Waals surface area (Å²) < 4.78 is 0. The van der Waals surface area contributed by atoms with Crippen molar-refractivity contribution in [3.05, 3.63) is 23.9 Å². The fourth-order valence-corrected chi connectivity index (χ4v) is 3.46. The number of halogens is 1. The average Bonchev–Trinajstić information content (AvgIpc) is 2.63. The number of aryl methyl sites for hydroxylation is 1. The summed E-state index contributed by atoms with van der Waals surface area (Å²) in [5.74, 6) is 3.29. The predicted octanol–water partition coefficient (Wildman–Crippen LogP) is 3.68. The Balaban J connectivity index is 0.00000338. The molecule has 2 N–H and O–H groups in total. The third kappa shape index (κ3) is 8.33. The lowest BCUT2D eigenvalue weighted by atomic mass is 10.1. The van der Waals surface area contributed by atoms with Crippen LogP contribution in [0.3, 0.4) is 0 Å². The zero-order valence-corrected chi connectivity index (χ0v) is 19.5. The standard InChI is InChI=1S/C19H33N5S.HI/c1-4-20-19(21-11-5-6-14-25-3)23-17-9-12-24(13-10-17)18-8-7-16(2)15-22-18;/h7-8,15,17H,4-6,9-14H2,1-3H3,(H2,20,21,23);1H. The third-order valence-electron chi connectivity index (χ3n) is 4.43. The maximum Gasteiger partial charge on any atom is 0.191 e. The highest BCUT2D eigenvalue weighted by Crippen LogP contribution is 2.18. The quantitative estimate of drug-likeness (QED) is 0.252. The van der Waals surface area contributed by atoms with Crippen LogP contribution in [0.25, 0.3) is 0 Å². The fraction of sp³-hybridized carbons (Fsp3) is 0.684. The summed E-state index contributed by atoms with van der Waals surface area (Å²) in [5, 5.41) is 6.99. The molecule has 0 bridgehead atoms. The van der Waals surface area contributed by atoms with Crippen LogP contribution in [0.2, 0.25) is 0 Å². The van der Waals surface area contributed by atoms with E-state index in [0.29, 0.717) is 6.04 Å². The second-order valence-corrected chi connectivity index (χ2v) is 7.55. The number of aromatic nitrogens is 1. The summed E-state index contributed by atoms with van der Waals surface area (Å²) >= 11 is 1.91. The molecule has 1 saturated heterocycles. The van der Waals surface area contributed by atoms with E-state index in [1.54, 1.807) is 0 Å². The minimum Gasteiger partial charge on any atom is -0.357 e. The predicted molar refractivity (Wildman–Crippen MR) is 126 cm³/mol. The molecule has 0 aliphatic carbocycles. The molecule has 1 aliphatic heterocycles. The molecular formula is C19H34IN5S. The summed E-state index contributed by atoms with van der Waals surface area (Å²) in [5.41, 5.74) is 1.21. The number of aliphatic imine (C=N–C) groups is 1. The first-order valence-electron chi connectivity index (χ1n) is 9.44. The molecular weight excluding hydrogens is 457 g/mol. The molecule has 0 aromatic carbocycles. The van der Waals surface area contributed by atoms with E-state index in [0.717, 1.165) is 57.2 Å². The Bertz CT molecular complexity index is 515. The van der Waals surface area contributed by atoms with Crippen LogP contribution in [0.5, 0.6) is 0 Å². The Morgan fingerprint density at radius 1 is 1.31 bits per heavy atom. The molecule has 1 aromatic rings. The maximum absolute atomic E-state index is 4.73. The van der Waals surface area contributed by atoms with Gasteiger partial charge in [0.15, 0.2) is 5.96 Å². The number of anilines is 1. The molecule has 1 aromatic heterocycles. The number of pyridine rings is 1. The molecule has 1 aliphatic rings. The zero-order valence-electron chi connectivity index (χ0n) is 16.3. The third-order valence-corrected chi connectivity index (χ3v) is 5.12. The monoisotopic (exact) mass is 491 g/mol. The second-order valence-electron chi connectivity index (χ2n) is 6.56. The van der Waals surface area contributed by atoms with Gasteiger partial charge < -0.3 is 15.5 Å². The first kappa shape index (κ1) is 23.3. The van der Waals surface area contributed by atoms with Crippen LogP contribution in [0.1, 0.15) is 38.2 Å². The Kier molecular flexibility index (Phi) is 12.1. The molecule has 0 unspecified atom stereocenters. The molecule has 2 heterocycles. The van der Waals surface area contributed by atoms with Crippen LogP contribution in [-0.2, 0) is 0 Å². The van der Waals surface area contributed by atoms with Crippen molar-refractivity contribution in [3.63, 3.8) is 0 Å². The largest absolute Gasteiger partial charge is 0.357 e. The fourth-order valence-electron chi connectivity index (χ4n) is 2.96. The summed E-state index contributed by atoms with van der Waals surface area (Å²) in [6.45, 7) is 8.10. The van der Waals surface area contributed by atoms with Gasteiger partial charge in [-0.3, -0.25) is 4.99 Å². The summed E-state index contributed by atoms with van der Waals surface area (Å²) in [7, 11) is 0. The number of hydrogen-bond acceptors (Lipinski definition) is 4. The van der Waals surface area contributed by atoms with Gasteiger partial charge >= 0.3 is 0 Å². The van der Waals surface area contributed by atoms with Crippen molar-refractivity contribution in [1.29, 1.82) is 0 Å². The van der Waals surface area contributed by atoms with Gasteiger partial charge in [0.05, 0.1) is 0 Å². The number of thioether (sulfide) groups is 1. The van der Waals surface area contributed by atoms with Gasteiger partial charge in [-0.05, 0) is 63.2 Å². The minimum atomic E-state index is 0. The lowest BCUT2D eigenvalue weighted by molar-refractivity contribution is 0.459. The molecule has 0 atom stereocenters. The number of hydrogen-bond donors (Lipinski definition) is 2. The first-order chi connectivity index (χ1) is 12.2. The molecule has 1 fully saturated rings. The van der Waals surface area contributed by atoms with E-state index in [9.17, 15) is 0 Å². The van der Waals surface area contributed by atoms with Gasteiger partial charge in [0, 0.05) is 38.4 Å². The van der Waals surface area contributed by atoms with Crippen LogP contribution >= 0.6 is 35.7 Å². The maximum atomic E-state index is 4.73. The molecule has 2 rings (SSSR count). The number of guanidine groups is 1. The van der Waals surface area contributed by atoms with Crippen molar-refractivity contribution >= 4 is 47.5 Å². The second kappa shape index (κ2) is 13.5. The number of nitrogens with one attached hydrogen (secondary N) is 2. The Labute approximate surface area is 180 Å². The van der Waals surface area contributed by atoms with E-state index in [2.05, 4.69) is 52.8 Å². The lowest BCUT2D eigenvalue weighted by Gasteiger charge is -2.33. The molecule has 0 saturated carbocycles. The minimum absolute atomic E-state index is 0. The Morgan fingerprint density at radius 3 is 2.69 bits per heavy atom. The molecule has 0 radical (unpaired) electrons. The first-order valence-corrected chi connectivity index (χ1v) is 10.8. The molecule has 0 amide bonds. The molecule has 5 nitrogen and oxygen atoms in total. The smallest absolute Gasteiger partial charge is 0.191 e. The van der Waals surface area contributed by atoms with Crippen LogP contribution in [0.4, 0.5) is 5.82 Å². The van der Waals surface area contributed by atoms with E-state index in [4.69, 9.17) is 4.99 Å². The van der Waals surface area contributed by atoms with Gasteiger partial charge in [-0.1, -0.05) is 6.07 Å². The number of rotatable bonds is 8. The van der Waals surface area contributed by atoms with Crippen LogP contribution < -0.4 is 15.5 Å². The number of unbranched alkanes of at least 4 members (excludes halogenated alkanes) is 1. The Morgan fingerprint density at radius 2 is 2.08 bits per heavy atom. The van der Waals surface area contributed by atoms with E-state index in [-0.39, 0.29) is 24.0 Å². The highest BCUT2D eigenvalue weighted by molar-refractivity contribution is 14.0. The van der Waals surface area contributed by atoms with Crippen molar-refractivity contribution in [2.24, 2.45) is 4.99 Å². The van der Waals surface area contributed by atoms with E-state index < -0.39 is 0 Å². The van der Waals surface area contributed by atoms with E-state index in [1.165, 1.54) is 17.7 Å². The van der Waals surface area contributed by atoms with Crippen LogP contribution in [-0.4, -0.2) is 55.2 Å². The van der Waals surface area contributed by atoms with Gasteiger partial charge in [0.25, 0.3) is 0 Å². The van der Waals surface area contributed by atoms with Crippen molar-refractivity contribution in [2.75, 3.05) is 43.1 Å². The normalized spacial score (nSPS) is 15.5. The summed E-state index contributed by atoms with van der Waals surface area (Å²) in [4.78, 5) is 11.7. The number of piperidine rings is 1. The van der Waals surface area contributed by atoms with Gasteiger partial charge in [-0.2, -0.15) is 11.8 Å². The average molecular weight is 491 g/mol. The van der Waals surface area contributed by atoms with E-state index in [1.807, 2.05) is 18.0 Å². The van der Waals surface area contributed by atoms with Gasteiger partial charge in [0.1, 0.15) is 5.82 Å². The highest BCUT2D eigenvalue weighted by atomic mass is 127. The molecule has 7 heteroatoms. The Hall–Kier alpha value is -0.700. The van der Waals surface area contributed by atoms with Crippen molar-refractivity contribution in [2.45, 2.75) is 45.6 Å². The van der Waals surface area contributed by atoms with Crippen LogP contribution in [0.15, 0.2) is 23.3 Å². The summed E-state index contributed by atoms with van der Waals surface area (Å²) in [6, 6.07) is 4.76. The van der Waals surface area contributed by atoms with Crippen molar-refractivity contribution < 1.29 is 0 Å². The summed E-state index contributed by atoms with van der Waals surface area (Å²) in [6.07, 6.45) is 8.75. The number of nitrogens with zero attached hydrogens (tertiary/aromatic N) is 3. The molecule has 0 spiro atoms. The lowest BCUT2D eigenvalue weighted by Crippen LogP contribution is -2.49.